The predicted octanol–water partition coefficient (Wildman–Crippen LogP) is 2.67. The Hall–Kier alpha value is -1.24. The summed E-state index contributed by atoms with van der Waals surface area (Å²) in [7, 11) is 0. The van der Waals surface area contributed by atoms with Crippen molar-refractivity contribution >= 4 is 18.4 Å². The summed E-state index contributed by atoms with van der Waals surface area (Å²) in [5, 5.41) is 9.46. The lowest BCUT2D eigenvalue weighted by atomic mass is 9.88. The van der Waals surface area contributed by atoms with E-state index in [9.17, 15) is 18.7 Å². The second-order valence-electron chi connectivity index (χ2n) is 6.01. The van der Waals surface area contributed by atoms with Crippen molar-refractivity contribution in [1.82, 2.24) is 4.90 Å². The highest BCUT2D eigenvalue weighted by Crippen LogP contribution is 2.36. The Kier molecular flexibility index (Phi) is 5.95. The van der Waals surface area contributed by atoms with Crippen LogP contribution < -0.4 is 0 Å². The van der Waals surface area contributed by atoms with Crippen molar-refractivity contribution in [3.8, 4) is 0 Å². The molecule has 0 aromatic heterocycles. The summed E-state index contributed by atoms with van der Waals surface area (Å²) in [6.07, 6.45) is 1.73. The first-order chi connectivity index (χ1) is 10.6. The Morgan fingerprint density at radius 3 is 2.52 bits per heavy atom. The van der Waals surface area contributed by atoms with Crippen LogP contribution in [0.25, 0.3) is 0 Å². The minimum absolute atomic E-state index is 0. The van der Waals surface area contributed by atoms with Gasteiger partial charge in [0.05, 0.1) is 5.92 Å². The van der Waals surface area contributed by atoms with Crippen LogP contribution in [0.2, 0.25) is 0 Å². The predicted molar refractivity (Wildman–Crippen MR) is 82.9 cm³/mol. The van der Waals surface area contributed by atoms with Crippen LogP contribution in [0.15, 0.2) is 18.2 Å². The third-order valence-electron chi connectivity index (χ3n) is 4.73. The summed E-state index contributed by atoms with van der Waals surface area (Å²) >= 11 is 0. The van der Waals surface area contributed by atoms with E-state index >= 15 is 0 Å². The number of halogens is 3. The van der Waals surface area contributed by atoms with Gasteiger partial charge >= 0.3 is 5.97 Å². The third-order valence-corrected chi connectivity index (χ3v) is 4.73. The molecule has 1 N–H and O–H groups in total. The lowest BCUT2D eigenvalue weighted by molar-refractivity contribution is -0.141. The van der Waals surface area contributed by atoms with Gasteiger partial charge < -0.3 is 9.84 Å². The molecule has 4 nitrogen and oxygen atoms in total. The van der Waals surface area contributed by atoms with E-state index in [0.29, 0.717) is 31.9 Å². The minimum Gasteiger partial charge on any atom is -0.481 e. The standard InChI is InChI=1S/C16H19F2NO3.ClH/c17-10-1-2-12(15(18)7-10)13-8-19(9-14(13)16(20)21)11-3-5-22-6-4-11;/h1-2,7,11,13-14H,3-6,8-9H2,(H,20,21);1H/t13-,14+;/m0./s1. The fourth-order valence-corrected chi connectivity index (χ4v) is 3.55. The van der Waals surface area contributed by atoms with E-state index in [1.54, 1.807) is 0 Å². The molecule has 2 heterocycles. The Balaban J connectivity index is 0.00000192. The zero-order chi connectivity index (χ0) is 15.7. The van der Waals surface area contributed by atoms with Crippen LogP contribution in [-0.4, -0.2) is 48.3 Å². The highest BCUT2D eigenvalue weighted by Gasteiger charge is 2.42. The molecule has 23 heavy (non-hydrogen) atoms. The van der Waals surface area contributed by atoms with Crippen LogP contribution in [-0.2, 0) is 9.53 Å². The molecule has 1 aromatic rings. The molecule has 2 aliphatic rings. The van der Waals surface area contributed by atoms with E-state index in [4.69, 9.17) is 4.74 Å². The van der Waals surface area contributed by atoms with E-state index in [-0.39, 0.29) is 18.4 Å². The van der Waals surface area contributed by atoms with Crippen LogP contribution in [0.4, 0.5) is 8.78 Å². The first-order valence-corrected chi connectivity index (χ1v) is 7.56. The summed E-state index contributed by atoms with van der Waals surface area (Å²) in [5.74, 6) is -3.34. The van der Waals surface area contributed by atoms with Gasteiger partial charge in [-0.15, -0.1) is 12.4 Å². The number of likely N-dealkylation sites (tertiary alicyclic amines) is 1. The number of hydrogen-bond donors (Lipinski definition) is 1. The quantitative estimate of drug-likeness (QED) is 0.913. The number of nitrogens with zero attached hydrogens (tertiary/aromatic N) is 1. The molecule has 1 aromatic carbocycles. The van der Waals surface area contributed by atoms with E-state index in [1.165, 1.54) is 12.1 Å². The first-order valence-electron chi connectivity index (χ1n) is 7.56. The van der Waals surface area contributed by atoms with Gasteiger partial charge in [-0.05, 0) is 24.5 Å². The minimum atomic E-state index is -0.928. The van der Waals surface area contributed by atoms with Gasteiger partial charge in [-0.2, -0.15) is 0 Å². The lowest BCUT2D eigenvalue weighted by Gasteiger charge is -2.31. The normalized spacial score (nSPS) is 26.0. The third kappa shape index (κ3) is 3.82. The van der Waals surface area contributed by atoms with Gasteiger partial charge in [0.25, 0.3) is 0 Å². The number of rotatable bonds is 3. The molecule has 0 saturated carbocycles. The second-order valence-corrected chi connectivity index (χ2v) is 6.01. The van der Waals surface area contributed by atoms with Crippen molar-refractivity contribution in [1.29, 1.82) is 0 Å². The number of benzene rings is 1. The topological polar surface area (TPSA) is 49.8 Å². The van der Waals surface area contributed by atoms with Crippen molar-refractivity contribution in [2.45, 2.75) is 24.8 Å². The number of ether oxygens (including phenoxy) is 1. The van der Waals surface area contributed by atoms with Crippen molar-refractivity contribution in [3.05, 3.63) is 35.4 Å². The molecule has 0 radical (unpaired) electrons. The molecule has 128 valence electrons. The molecule has 2 saturated heterocycles. The average molecular weight is 348 g/mol. The van der Waals surface area contributed by atoms with Gasteiger partial charge in [0.2, 0.25) is 0 Å². The number of carbonyl (C=O) groups is 1. The molecular formula is C16H20ClF2NO3. The summed E-state index contributed by atoms with van der Waals surface area (Å²) < 4.78 is 32.4. The van der Waals surface area contributed by atoms with E-state index in [1.807, 2.05) is 0 Å². The molecule has 2 atom stereocenters. The largest absolute Gasteiger partial charge is 0.481 e. The van der Waals surface area contributed by atoms with Crippen molar-refractivity contribution < 1.29 is 23.4 Å². The van der Waals surface area contributed by atoms with Gasteiger partial charge in [0.15, 0.2) is 0 Å². The maximum absolute atomic E-state index is 14.0. The van der Waals surface area contributed by atoms with Crippen molar-refractivity contribution in [2.75, 3.05) is 26.3 Å². The molecule has 0 aliphatic carbocycles. The SMILES string of the molecule is Cl.O=C(O)[C@@H]1CN(C2CCOCC2)C[C@H]1c1ccc(F)cc1F. The fraction of sp³-hybridized carbons (Fsp3) is 0.562. The van der Waals surface area contributed by atoms with Crippen molar-refractivity contribution in [2.24, 2.45) is 5.92 Å². The van der Waals surface area contributed by atoms with Crippen LogP contribution in [0, 0.1) is 17.6 Å². The Bertz CT molecular complexity index is 566. The molecule has 0 bridgehead atoms. The molecular weight excluding hydrogens is 328 g/mol. The molecule has 0 amide bonds. The number of aliphatic carboxylic acids is 1. The maximum atomic E-state index is 14.0. The van der Waals surface area contributed by atoms with Gasteiger partial charge in [-0.3, -0.25) is 9.69 Å². The Morgan fingerprint density at radius 2 is 1.91 bits per heavy atom. The monoisotopic (exact) mass is 347 g/mol. The van der Waals surface area contributed by atoms with Gasteiger partial charge in [-0.1, -0.05) is 6.07 Å². The fourth-order valence-electron chi connectivity index (χ4n) is 3.55. The lowest BCUT2D eigenvalue weighted by Crippen LogP contribution is -2.38. The van der Waals surface area contributed by atoms with E-state index < -0.39 is 29.4 Å². The number of carboxylic acids is 1. The average Bonchev–Trinajstić information content (AvgIpc) is 2.93. The molecule has 0 unspecified atom stereocenters. The summed E-state index contributed by atoms with van der Waals surface area (Å²) in [4.78, 5) is 13.7. The molecule has 7 heteroatoms. The number of carboxylic acid groups (broad SMARTS) is 1. The Morgan fingerprint density at radius 1 is 1.22 bits per heavy atom. The first kappa shape index (κ1) is 18.1. The zero-order valence-corrected chi connectivity index (χ0v) is 13.4. The van der Waals surface area contributed by atoms with Gasteiger partial charge in [0, 0.05) is 44.3 Å². The Labute approximate surface area is 139 Å². The van der Waals surface area contributed by atoms with Crippen LogP contribution in [0.5, 0.6) is 0 Å². The van der Waals surface area contributed by atoms with E-state index in [0.717, 1.165) is 18.9 Å². The highest BCUT2D eigenvalue weighted by atomic mass is 35.5. The van der Waals surface area contributed by atoms with Crippen LogP contribution in [0.3, 0.4) is 0 Å². The summed E-state index contributed by atoms with van der Waals surface area (Å²) in [6, 6.07) is 3.67. The van der Waals surface area contributed by atoms with Crippen molar-refractivity contribution in [3.63, 3.8) is 0 Å². The van der Waals surface area contributed by atoms with Gasteiger partial charge in [0.1, 0.15) is 11.6 Å². The molecule has 0 spiro atoms. The second kappa shape index (κ2) is 7.55. The summed E-state index contributed by atoms with van der Waals surface area (Å²) in [5.41, 5.74) is 0.295. The smallest absolute Gasteiger partial charge is 0.308 e. The van der Waals surface area contributed by atoms with Crippen LogP contribution >= 0.6 is 12.4 Å². The van der Waals surface area contributed by atoms with Crippen LogP contribution in [0.1, 0.15) is 24.3 Å². The summed E-state index contributed by atoms with van der Waals surface area (Å²) in [6.45, 7) is 2.24. The highest BCUT2D eigenvalue weighted by molar-refractivity contribution is 5.85. The molecule has 2 aliphatic heterocycles. The molecule has 3 rings (SSSR count). The number of hydrogen-bond acceptors (Lipinski definition) is 3. The zero-order valence-electron chi connectivity index (χ0n) is 12.6. The van der Waals surface area contributed by atoms with E-state index in [2.05, 4.69) is 4.90 Å². The molecule has 2 fully saturated rings. The maximum Gasteiger partial charge on any atom is 0.308 e. The van der Waals surface area contributed by atoms with Gasteiger partial charge in [-0.25, -0.2) is 8.78 Å².